The van der Waals surface area contributed by atoms with Crippen LogP contribution in [-0.2, 0) is 9.47 Å². The van der Waals surface area contributed by atoms with Gasteiger partial charge in [-0.05, 0) is 38.5 Å². The van der Waals surface area contributed by atoms with Gasteiger partial charge in [-0.25, -0.2) is 0 Å². The van der Waals surface area contributed by atoms with Crippen molar-refractivity contribution >= 4 is 0 Å². The Balaban J connectivity index is 3.28. The molecule has 3 nitrogen and oxygen atoms in total. The SMILES string of the molecule is CCCCCC/C=C\CCCCCCCCOCC(CO)OCCCCCCCC. The number of aliphatic hydroxyl groups is 1. The molecule has 0 radical (unpaired) electrons. The number of rotatable bonds is 25. The zero-order valence-corrected chi connectivity index (χ0v) is 20.6. The van der Waals surface area contributed by atoms with Gasteiger partial charge in [-0.2, -0.15) is 0 Å². The molecule has 0 fully saturated rings. The first-order valence-electron chi connectivity index (χ1n) is 13.3. The van der Waals surface area contributed by atoms with Gasteiger partial charge in [0.25, 0.3) is 0 Å². The van der Waals surface area contributed by atoms with E-state index in [0.29, 0.717) is 6.61 Å². The second kappa shape index (κ2) is 26.7. The Morgan fingerprint density at radius 3 is 1.63 bits per heavy atom. The molecule has 1 N–H and O–H groups in total. The molecule has 0 bridgehead atoms. The maximum Gasteiger partial charge on any atom is 0.104 e. The molecule has 0 aliphatic heterocycles. The van der Waals surface area contributed by atoms with Crippen LogP contribution in [0, 0.1) is 0 Å². The number of allylic oxidation sites excluding steroid dienone is 2. The van der Waals surface area contributed by atoms with E-state index in [1.807, 2.05) is 0 Å². The molecule has 0 aliphatic carbocycles. The zero-order valence-electron chi connectivity index (χ0n) is 20.6. The number of hydrogen-bond acceptors (Lipinski definition) is 3. The van der Waals surface area contributed by atoms with Gasteiger partial charge in [0.15, 0.2) is 0 Å². The minimum Gasteiger partial charge on any atom is -0.394 e. The van der Waals surface area contributed by atoms with E-state index in [1.54, 1.807) is 0 Å². The number of hydrogen-bond donors (Lipinski definition) is 1. The van der Waals surface area contributed by atoms with Crippen molar-refractivity contribution in [1.29, 1.82) is 0 Å². The minimum absolute atomic E-state index is 0.0586. The van der Waals surface area contributed by atoms with Gasteiger partial charge in [-0.15, -0.1) is 0 Å². The van der Waals surface area contributed by atoms with Crippen molar-refractivity contribution in [3.8, 4) is 0 Å². The van der Waals surface area contributed by atoms with Crippen molar-refractivity contribution in [3.63, 3.8) is 0 Å². The molecule has 0 saturated carbocycles. The summed E-state index contributed by atoms with van der Waals surface area (Å²) in [5.74, 6) is 0. The summed E-state index contributed by atoms with van der Waals surface area (Å²) >= 11 is 0. The lowest BCUT2D eigenvalue weighted by Gasteiger charge is -2.15. The summed E-state index contributed by atoms with van der Waals surface area (Å²) in [5.41, 5.74) is 0. The highest BCUT2D eigenvalue weighted by molar-refractivity contribution is 4.81. The fourth-order valence-electron chi connectivity index (χ4n) is 3.60. The summed E-state index contributed by atoms with van der Waals surface area (Å²) in [6.07, 6.45) is 27.8. The topological polar surface area (TPSA) is 38.7 Å². The van der Waals surface area contributed by atoms with E-state index in [0.717, 1.165) is 26.1 Å². The van der Waals surface area contributed by atoms with Gasteiger partial charge in [0.05, 0.1) is 13.2 Å². The first kappa shape index (κ1) is 29.6. The molecule has 0 aromatic carbocycles. The van der Waals surface area contributed by atoms with Gasteiger partial charge in [0, 0.05) is 13.2 Å². The van der Waals surface area contributed by atoms with E-state index in [-0.39, 0.29) is 12.7 Å². The first-order chi connectivity index (χ1) is 14.8. The number of aliphatic hydroxyl groups excluding tert-OH is 1. The monoisotopic (exact) mass is 426 g/mol. The Bertz CT molecular complexity index is 330. The fraction of sp³-hybridized carbons (Fsp3) is 0.926. The van der Waals surface area contributed by atoms with E-state index in [9.17, 15) is 5.11 Å². The Morgan fingerprint density at radius 1 is 0.600 bits per heavy atom. The third-order valence-electron chi connectivity index (χ3n) is 5.66. The van der Waals surface area contributed by atoms with Gasteiger partial charge >= 0.3 is 0 Å². The van der Waals surface area contributed by atoms with Crippen LogP contribution < -0.4 is 0 Å². The highest BCUT2D eigenvalue weighted by atomic mass is 16.5. The molecule has 0 aromatic heterocycles. The molecular weight excluding hydrogens is 372 g/mol. The molecule has 1 unspecified atom stereocenters. The number of ether oxygens (including phenoxy) is 2. The van der Waals surface area contributed by atoms with Crippen LogP contribution in [-0.4, -0.2) is 37.6 Å². The van der Waals surface area contributed by atoms with Gasteiger partial charge in [-0.3, -0.25) is 0 Å². The second-order valence-corrected chi connectivity index (χ2v) is 8.75. The third-order valence-corrected chi connectivity index (χ3v) is 5.66. The van der Waals surface area contributed by atoms with Crippen molar-refractivity contribution in [3.05, 3.63) is 12.2 Å². The maximum atomic E-state index is 9.41. The molecule has 0 spiro atoms. The molecule has 0 amide bonds. The second-order valence-electron chi connectivity index (χ2n) is 8.75. The van der Waals surface area contributed by atoms with E-state index in [1.165, 1.54) is 103 Å². The van der Waals surface area contributed by atoms with Crippen molar-refractivity contribution in [2.75, 3.05) is 26.4 Å². The van der Waals surface area contributed by atoms with Crippen LogP contribution in [0.2, 0.25) is 0 Å². The molecule has 0 rings (SSSR count). The quantitative estimate of drug-likeness (QED) is 0.119. The Hall–Kier alpha value is -0.380. The highest BCUT2D eigenvalue weighted by Gasteiger charge is 2.07. The van der Waals surface area contributed by atoms with Crippen LogP contribution >= 0.6 is 0 Å². The predicted molar refractivity (Wildman–Crippen MR) is 131 cm³/mol. The standard InChI is InChI=1S/C27H54O3/c1-3-5-7-9-11-12-13-14-15-16-17-18-19-21-23-29-26-27(25-28)30-24-22-20-10-8-6-4-2/h12-13,27-28H,3-11,14-26H2,1-2H3/b13-12-. The molecule has 0 saturated heterocycles. The average molecular weight is 427 g/mol. The van der Waals surface area contributed by atoms with Gasteiger partial charge in [0.1, 0.15) is 6.10 Å². The summed E-state index contributed by atoms with van der Waals surface area (Å²) < 4.78 is 11.5. The third kappa shape index (κ3) is 23.9. The van der Waals surface area contributed by atoms with Crippen LogP contribution in [0.15, 0.2) is 12.2 Å². The first-order valence-corrected chi connectivity index (χ1v) is 13.3. The highest BCUT2D eigenvalue weighted by Crippen LogP contribution is 2.09. The van der Waals surface area contributed by atoms with E-state index in [4.69, 9.17) is 9.47 Å². The van der Waals surface area contributed by atoms with Crippen molar-refractivity contribution in [2.24, 2.45) is 0 Å². The maximum absolute atomic E-state index is 9.41. The van der Waals surface area contributed by atoms with Gasteiger partial charge < -0.3 is 14.6 Å². The Labute approximate surface area is 189 Å². The number of unbranched alkanes of at least 4 members (excludes halogenated alkanes) is 15. The molecule has 0 heterocycles. The summed E-state index contributed by atoms with van der Waals surface area (Å²) in [7, 11) is 0. The lowest BCUT2D eigenvalue weighted by molar-refractivity contribution is -0.0437. The molecule has 180 valence electrons. The van der Waals surface area contributed by atoms with Crippen molar-refractivity contribution in [2.45, 2.75) is 136 Å². The smallest absolute Gasteiger partial charge is 0.104 e. The average Bonchev–Trinajstić information content (AvgIpc) is 2.76. The van der Waals surface area contributed by atoms with E-state index < -0.39 is 0 Å². The van der Waals surface area contributed by atoms with Crippen LogP contribution in [0.3, 0.4) is 0 Å². The summed E-state index contributed by atoms with van der Waals surface area (Å²) in [6.45, 7) is 6.63. The largest absolute Gasteiger partial charge is 0.394 e. The molecular formula is C27H54O3. The van der Waals surface area contributed by atoms with Gasteiger partial charge in [-0.1, -0.05) is 103 Å². The van der Waals surface area contributed by atoms with E-state index in [2.05, 4.69) is 26.0 Å². The summed E-state index contributed by atoms with van der Waals surface area (Å²) in [5, 5.41) is 9.41. The lowest BCUT2D eigenvalue weighted by Crippen LogP contribution is -2.24. The molecule has 0 aromatic rings. The fourth-order valence-corrected chi connectivity index (χ4v) is 3.60. The summed E-state index contributed by atoms with van der Waals surface area (Å²) in [4.78, 5) is 0. The molecule has 1 atom stereocenters. The van der Waals surface area contributed by atoms with Crippen molar-refractivity contribution < 1.29 is 14.6 Å². The van der Waals surface area contributed by atoms with Crippen LogP contribution in [0.25, 0.3) is 0 Å². The van der Waals surface area contributed by atoms with E-state index >= 15 is 0 Å². The Kier molecular flexibility index (Phi) is 26.3. The molecule has 0 aliphatic rings. The van der Waals surface area contributed by atoms with Crippen LogP contribution in [0.5, 0.6) is 0 Å². The normalized spacial score (nSPS) is 12.8. The predicted octanol–water partition coefficient (Wildman–Crippen LogP) is 8.00. The van der Waals surface area contributed by atoms with Crippen molar-refractivity contribution in [1.82, 2.24) is 0 Å². The zero-order chi connectivity index (χ0) is 22.0. The lowest BCUT2D eigenvalue weighted by atomic mass is 10.1. The minimum atomic E-state index is -0.152. The molecule has 3 heteroatoms. The van der Waals surface area contributed by atoms with Crippen LogP contribution in [0.4, 0.5) is 0 Å². The summed E-state index contributed by atoms with van der Waals surface area (Å²) in [6, 6.07) is 0. The molecule has 30 heavy (non-hydrogen) atoms. The van der Waals surface area contributed by atoms with Crippen LogP contribution in [0.1, 0.15) is 129 Å². The Morgan fingerprint density at radius 2 is 1.07 bits per heavy atom. The van der Waals surface area contributed by atoms with Gasteiger partial charge in [0.2, 0.25) is 0 Å².